The minimum Gasteiger partial charge on any atom is -0.0979 e. The summed E-state index contributed by atoms with van der Waals surface area (Å²) in [5.41, 5.74) is 0. The zero-order valence-electron chi connectivity index (χ0n) is 2.82. The predicted octanol–water partition coefficient (Wildman–Crippen LogP) is 1.63. The first-order chi connectivity index (χ1) is 1.91. The average Bonchev–Trinajstić information content (AvgIpc) is 1.37. The van der Waals surface area contributed by atoms with E-state index in [1.807, 2.05) is 0 Å². The molecule has 0 rings (SSSR count). The van der Waals surface area contributed by atoms with Crippen LogP contribution >= 0.6 is 21.6 Å². The molecule has 0 nitrogen and oxygen atoms in total. The van der Waals surface area contributed by atoms with Crippen LogP contribution < -0.4 is 0 Å². The fourth-order valence-electron chi connectivity index (χ4n) is 0. The Labute approximate surface area is 34.8 Å². The molecule has 0 aromatic carbocycles. The summed E-state index contributed by atoms with van der Waals surface area (Å²) in [5, 5.41) is 0. The molecule has 0 saturated heterocycles. The molecule has 0 aliphatic carbocycles. The van der Waals surface area contributed by atoms with Crippen LogP contribution in [0.1, 0.15) is 0 Å². The summed E-state index contributed by atoms with van der Waals surface area (Å²) >= 11 is 0. The molecular weight excluding hydrogens is 90.1 g/mol. The van der Waals surface area contributed by atoms with Crippen molar-refractivity contribution in [1.82, 2.24) is 0 Å². The highest BCUT2D eigenvalue weighted by molar-refractivity contribution is 8.76. The Morgan fingerprint density at radius 1 is 1.00 bits per heavy atom. The minimum absolute atomic E-state index is 1.77. The van der Waals surface area contributed by atoms with Crippen LogP contribution in [0.3, 0.4) is 0 Å². The normalized spacial score (nSPS) is 7.50. The van der Waals surface area contributed by atoms with E-state index >= 15 is 0 Å². The molecule has 0 heterocycles. The molecule has 0 saturated carbocycles. The molecule has 0 spiro atoms. The maximum absolute atomic E-state index is 2.06. The van der Waals surface area contributed by atoms with E-state index < -0.39 is 0 Å². The molecule has 0 atom stereocenters. The minimum atomic E-state index is 1.77. The SMILES string of the molecule is [13CH3]SS[13CH3]. The lowest BCUT2D eigenvalue weighted by atomic mass is 12.9. The van der Waals surface area contributed by atoms with Gasteiger partial charge in [0.1, 0.15) is 0 Å². The van der Waals surface area contributed by atoms with E-state index in [-0.39, 0.29) is 0 Å². The second-order valence-electron chi connectivity index (χ2n) is 0.333. The molecule has 0 bridgehead atoms. The lowest BCUT2D eigenvalue weighted by Gasteiger charge is -1.69. The van der Waals surface area contributed by atoms with Gasteiger partial charge >= 0.3 is 0 Å². The molecule has 0 aromatic rings. The van der Waals surface area contributed by atoms with Gasteiger partial charge in [-0.15, -0.1) is 0 Å². The summed E-state index contributed by atoms with van der Waals surface area (Å²) in [5.74, 6) is 0. The molecular formula is C2H6S2. The quantitative estimate of drug-likeness (QED) is 0.359. The summed E-state index contributed by atoms with van der Waals surface area (Å²) in [6, 6.07) is 0. The van der Waals surface area contributed by atoms with Crippen LogP contribution in [0, 0.1) is 0 Å². The van der Waals surface area contributed by atoms with Crippen molar-refractivity contribution in [2.24, 2.45) is 0 Å². The van der Waals surface area contributed by atoms with Crippen molar-refractivity contribution < 1.29 is 0 Å². The first-order valence-corrected chi connectivity index (χ1v) is 3.95. The van der Waals surface area contributed by atoms with Gasteiger partial charge < -0.3 is 0 Å². The van der Waals surface area contributed by atoms with E-state index in [1.54, 1.807) is 21.6 Å². The van der Waals surface area contributed by atoms with Gasteiger partial charge in [-0.3, -0.25) is 0 Å². The molecule has 0 amide bonds. The summed E-state index contributed by atoms with van der Waals surface area (Å²) in [6.45, 7) is 0. The van der Waals surface area contributed by atoms with Crippen molar-refractivity contribution >= 4 is 21.6 Å². The molecule has 0 fully saturated rings. The van der Waals surface area contributed by atoms with Gasteiger partial charge in [-0.1, -0.05) is 21.6 Å². The fourth-order valence-corrected chi connectivity index (χ4v) is 0. The number of hydrogen-bond acceptors (Lipinski definition) is 2. The van der Waals surface area contributed by atoms with Gasteiger partial charge in [-0.2, -0.15) is 0 Å². The largest absolute Gasteiger partial charge is 0.0979 e. The molecule has 4 heavy (non-hydrogen) atoms. The molecule has 0 N–H and O–H groups in total. The van der Waals surface area contributed by atoms with E-state index in [0.29, 0.717) is 0 Å². The van der Waals surface area contributed by atoms with Crippen molar-refractivity contribution in [1.29, 1.82) is 0 Å². The average molecular weight is 96.2 g/mol. The van der Waals surface area contributed by atoms with Gasteiger partial charge in [0.25, 0.3) is 0 Å². The van der Waals surface area contributed by atoms with Gasteiger partial charge in [0.15, 0.2) is 0 Å². The van der Waals surface area contributed by atoms with Crippen LogP contribution in [0.5, 0.6) is 0 Å². The highest BCUT2D eigenvalue weighted by Crippen LogP contribution is 2.09. The zero-order valence-corrected chi connectivity index (χ0v) is 4.45. The third-order valence-electron chi connectivity index (χ3n) is 0.167. The van der Waals surface area contributed by atoms with Crippen molar-refractivity contribution in [3.63, 3.8) is 0 Å². The first-order valence-electron chi connectivity index (χ1n) is 0.983. The lowest BCUT2D eigenvalue weighted by Crippen LogP contribution is -1.28. The van der Waals surface area contributed by atoms with E-state index in [4.69, 9.17) is 0 Å². The van der Waals surface area contributed by atoms with Gasteiger partial charge in [-0.05, 0) is 12.5 Å². The van der Waals surface area contributed by atoms with Crippen LogP contribution in [-0.4, -0.2) is 12.5 Å². The van der Waals surface area contributed by atoms with Crippen LogP contribution in [0.4, 0.5) is 0 Å². The first kappa shape index (κ1) is 4.70. The highest BCUT2D eigenvalue weighted by atomic mass is 33.1. The van der Waals surface area contributed by atoms with E-state index in [2.05, 4.69) is 12.5 Å². The second-order valence-corrected chi connectivity index (χ2v) is 3.00. The smallest absolute Gasteiger partial charge is 0.00793 e. The van der Waals surface area contributed by atoms with Gasteiger partial charge in [0.2, 0.25) is 0 Å². The van der Waals surface area contributed by atoms with Crippen molar-refractivity contribution in [2.75, 3.05) is 12.5 Å². The Bertz CT molecular complexity index is 6.00. The zero-order chi connectivity index (χ0) is 3.41. The van der Waals surface area contributed by atoms with Crippen molar-refractivity contribution in [3.05, 3.63) is 0 Å². The third-order valence-corrected chi connectivity index (χ3v) is 1.50. The number of rotatable bonds is 1. The Balaban J connectivity index is 1.97. The lowest BCUT2D eigenvalue weighted by molar-refractivity contribution is 2.51. The summed E-state index contributed by atoms with van der Waals surface area (Å²) in [7, 11) is 3.55. The van der Waals surface area contributed by atoms with Gasteiger partial charge in [0.05, 0.1) is 0 Å². The molecule has 0 aromatic heterocycles. The maximum Gasteiger partial charge on any atom is -0.00793 e. The standard InChI is InChI=1S/C2H6S2/c1-3-4-2/h1-2H3/i1+1,2+1. The summed E-state index contributed by atoms with van der Waals surface area (Å²) in [6.07, 6.45) is 4.12. The van der Waals surface area contributed by atoms with E-state index in [9.17, 15) is 0 Å². The van der Waals surface area contributed by atoms with Crippen LogP contribution in [0.2, 0.25) is 0 Å². The maximum atomic E-state index is 2.06. The highest BCUT2D eigenvalue weighted by Gasteiger charge is 1.55. The molecule has 2 heteroatoms. The summed E-state index contributed by atoms with van der Waals surface area (Å²) < 4.78 is 0. The Hall–Kier alpha value is 0.700. The van der Waals surface area contributed by atoms with Crippen LogP contribution in [-0.2, 0) is 0 Å². The molecule has 0 radical (unpaired) electrons. The topological polar surface area (TPSA) is 0 Å². The van der Waals surface area contributed by atoms with Crippen LogP contribution in [0.15, 0.2) is 0 Å². The Morgan fingerprint density at radius 3 is 1.25 bits per heavy atom. The van der Waals surface area contributed by atoms with Gasteiger partial charge in [0, 0.05) is 0 Å². The molecule has 0 unspecified atom stereocenters. The molecule has 26 valence electrons. The van der Waals surface area contributed by atoms with Crippen molar-refractivity contribution in [3.8, 4) is 0 Å². The molecule has 0 aliphatic rings. The van der Waals surface area contributed by atoms with Crippen LogP contribution in [0.25, 0.3) is 0 Å². The summed E-state index contributed by atoms with van der Waals surface area (Å²) in [4.78, 5) is 0. The predicted molar refractivity (Wildman–Crippen MR) is 27.0 cm³/mol. The van der Waals surface area contributed by atoms with E-state index in [1.165, 1.54) is 0 Å². The van der Waals surface area contributed by atoms with Crippen molar-refractivity contribution in [2.45, 2.75) is 0 Å². The molecule has 0 aliphatic heterocycles. The third kappa shape index (κ3) is 2.70. The van der Waals surface area contributed by atoms with Gasteiger partial charge in [-0.25, -0.2) is 0 Å². The van der Waals surface area contributed by atoms with E-state index in [0.717, 1.165) is 0 Å². The monoisotopic (exact) mass is 96.0 g/mol. The Kier molecular flexibility index (Phi) is 4.35. The fraction of sp³-hybridized carbons (Fsp3) is 1.00. The Morgan fingerprint density at radius 2 is 1.25 bits per heavy atom. The number of hydrogen-bond donors (Lipinski definition) is 0. The second kappa shape index (κ2) is 3.70.